The maximum Gasteiger partial charge on any atom is 0.123 e. The van der Waals surface area contributed by atoms with Crippen molar-refractivity contribution < 1.29 is 9.50 Å². The predicted molar refractivity (Wildman–Crippen MR) is 73.4 cm³/mol. The Labute approximate surface area is 112 Å². The normalized spacial score (nSPS) is 22.0. The summed E-state index contributed by atoms with van der Waals surface area (Å²) in [6.07, 6.45) is 3.34. The number of hydrogen-bond acceptors (Lipinski definition) is 1. The van der Waals surface area contributed by atoms with Crippen molar-refractivity contribution in [1.29, 1.82) is 0 Å². The van der Waals surface area contributed by atoms with Crippen molar-refractivity contribution in [3.8, 4) is 0 Å². The molecule has 3 rings (SSSR count). The van der Waals surface area contributed by atoms with Crippen LogP contribution in [0.4, 0.5) is 4.39 Å². The molecule has 1 unspecified atom stereocenters. The van der Waals surface area contributed by atoms with Crippen LogP contribution in [0.5, 0.6) is 0 Å². The maximum absolute atomic E-state index is 12.9. The highest BCUT2D eigenvalue weighted by molar-refractivity contribution is 5.36. The van der Waals surface area contributed by atoms with Crippen LogP contribution in [0.15, 0.2) is 48.5 Å². The van der Waals surface area contributed by atoms with E-state index in [1.807, 2.05) is 18.2 Å². The third kappa shape index (κ3) is 2.41. The molecule has 0 radical (unpaired) electrons. The van der Waals surface area contributed by atoms with Gasteiger partial charge in [0.05, 0.1) is 5.60 Å². The number of fused-ring (bicyclic) bond motifs is 1. The summed E-state index contributed by atoms with van der Waals surface area (Å²) in [7, 11) is 0. The molecule has 1 N–H and O–H groups in total. The van der Waals surface area contributed by atoms with Crippen LogP contribution in [-0.4, -0.2) is 5.11 Å². The zero-order chi connectivity index (χ0) is 13.3. The van der Waals surface area contributed by atoms with E-state index < -0.39 is 5.60 Å². The van der Waals surface area contributed by atoms with E-state index in [9.17, 15) is 9.50 Å². The number of hydrogen-bond donors (Lipinski definition) is 1. The van der Waals surface area contributed by atoms with E-state index in [1.54, 1.807) is 12.1 Å². The highest BCUT2D eigenvalue weighted by Gasteiger charge is 2.34. The molecule has 2 aromatic rings. The monoisotopic (exact) mass is 256 g/mol. The van der Waals surface area contributed by atoms with Crippen molar-refractivity contribution in [2.75, 3.05) is 0 Å². The Morgan fingerprint density at radius 2 is 1.79 bits per heavy atom. The van der Waals surface area contributed by atoms with Gasteiger partial charge in [-0.2, -0.15) is 0 Å². The number of benzene rings is 2. The van der Waals surface area contributed by atoms with E-state index in [0.717, 1.165) is 30.4 Å². The average Bonchev–Trinajstić information content (AvgIpc) is 2.42. The van der Waals surface area contributed by atoms with E-state index in [2.05, 4.69) is 6.07 Å². The van der Waals surface area contributed by atoms with Crippen molar-refractivity contribution in [3.05, 3.63) is 71.0 Å². The third-order valence-electron chi connectivity index (χ3n) is 3.97. The Hall–Kier alpha value is -1.67. The van der Waals surface area contributed by atoms with Gasteiger partial charge in [-0.15, -0.1) is 0 Å². The molecule has 0 bridgehead atoms. The van der Waals surface area contributed by atoms with E-state index in [4.69, 9.17) is 0 Å². The molecule has 2 heteroatoms. The fraction of sp³-hybridized carbons (Fsp3) is 0.294. The second-order valence-electron chi connectivity index (χ2n) is 5.35. The van der Waals surface area contributed by atoms with Gasteiger partial charge in [-0.3, -0.25) is 0 Å². The molecule has 0 aliphatic heterocycles. The van der Waals surface area contributed by atoms with Gasteiger partial charge in [0.2, 0.25) is 0 Å². The van der Waals surface area contributed by atoms with Crippen molar-refractivity contribution in [3.63, 3.8) is 0 Å². The summed E-state index contributed by atoms with van der Waals surface area (Å²) in [5, 5.41) is 11.0. The largest absolute Gasteiger partial charge is 0.385 e. The van der Waals surface area contributed by atoms with Gasteiger partial charge in [0, 0.05) is 6.42 Å². The van der Waals surface area contributed by atoms with E-state index in [-0.39, 0.29) is 5.82 Å². The molecule has 0 amide bonds. The molecule has 0 aromatic heterocycles. The highest BCUT2D eigenvalue weighted by Crippen LogP contribution is 2.37. The van der Waals surface area contributed by atoms with Gasteiger partial charge in [-0.1, -0.05) is 36.4 Å². The molecule has 0 spiro atoms. The number of aliphatic hydroxyl groups is 1. The minimum absolute atomic E-state index is 0.236. The zero-order valence-electron chi connectivity index (χ0n) is 10.8. The van der Waals surface area contributed by atoms with Gasteiger partial charge >= 0.3 is 0 Å². The molecule has 1 nitrogen and oxygen atoms in total. The molecule has 1 atom stereocenters. The molecule has 1 aliphatic carbocycles. The Morgan fingerprint density at radius 3 is 2.58 bits per heavy atom. The summed E-state index contributed by atoms with van der Waals surface area (Å²) in [4.78, 5) is 0. The van der Waals surface area contributed by atoms with Crippen molar-refractivity contribution in [2.45, 2.75) is 31.3 Å². The van der Waals surface area contributed by atoms with Crippen LogP contribution in [-0.2, 0) is 18.4 Å². The molecule has 0 saturated heterocycles. The summed E-state index contributed by atoms with van der Waals surface area (Å²) in [6.45, 7) is 0. The minimum atomic E-state index is -0.813. The first-order chi connectivity index (χ1) is 9.17. The van der Waals surface area contributed by atoms with Gasteiger partial charge in [0.1, 0.15) is 5.82 Å². The molecule has 0 fully saturated rings. The van der Waals surface area contributed by atoms with Gasteiger partial charge in [0.25, 0.3) is 0 Å². The van der Waals surface area contributed by atoms with Crippen LogP contribution < -0.4 is 0 Å². The summed E-state index contributed by atoms with van der Waals surface area (Å²) in [5.41, 5.74) is 2.43. The summed E-state index contributed by atoms with van der Waals surface area (Å²) < 4.78 is 12.9. The lowest BCUT2D eigenvalue weighted by atomic mass is 9.76. The molecule has 98 valence electrons. The van der Waals surface area contributed by atoms with Gasteiger partial charge in [-0.05, 0) is 48.1 Å². The molecular formula is C17H17FO. The standard InChI is InChI=1S/C17H17FO/c18-15-9-7-13(8-10-15)12-17(19)11-3-5-14-4-1-2-6-16(14)17/h1-2,4,6-10,19H,3,5,11-12H2. The third-order valence-corrected chi connectivity index (χ3v) is 3.97. The second kappa shape index (κ2) is 4.78. The second-order valence-corrected chi connectivity index (χ2v) is 5.35. The summed E-state index contributed by atoms with van der Waals surface area (Å²) in [5.74, 6) is -0.236. The number of rotatable bonds is 2. The lowest BCUT2D eigenvalue weighted by Gasteiger charge is -2.34. The molecule has 2 aromatic carbocycles. The SMILES string of the molecule is OC1(Cc2ccc(F)cc2)CCCc2ccccc21. The van der Waals surface area contributed by atoms with E-state index in [1.165, 1.54) is 17.7 Å². The van der Waals surface area contributed by atoms with Crippen molar-refractivity contribution in [2.24, 2.45) is 0 Å². The first-order valence-electron chi connectivity index (χ1n) is 6.73. The van der Waals surface area contributed by atoms with Gasteiger partial charge < -0.3 is 5.11 Å². The van der Waals surface area contributed by atoms with Crippen LogP contribution in [0.25, 0.3) is 0 Å². The van der Waals surface area contributed by atoms with E-state index >= 15 is 0 Å². The Kier molecular flexibility index (Phi) is 3.11. The number of halogens is 1. The first kappa shape index (κ1) is 12.4. The minimum Gasteiger partial charge on any atom is -0.385 e. The molecule has 0 heterocycles. The molecule has 1 aliphatic rings. The van der Waals surface area contributed by atoms with Crippen LogP contribution in [0, 0.1) is 5.82 Å². The average molecular weight is 256 g/mol. The smallest absolute Gasteiger partial charge is 0.123 e. The Balaban J connectivity index is 1.93. The lowest BCUT2D eigenvalue weighted by Crippen LogP contribution is -2.32. The van der Waals surface area contributed by atoms with Gasteiger partial charge in [-0.25, -0.2) is 4.39 Å². The topological polar surface area (TPSA) is 20.2 Å². The molecular weight excluding hydrogens is 239 g/mol. The van der Waals surface area contributed by atoms with Crippen molar-refractivity contribution >= 4 is 0 Å². The van der Waals surface area contributed by atoms with Gasteiger partial charge in [0.15, 0.2) is 0 Å². The summed E-state index contributed by atoms with van der Waals surface area (Å²) in [6, 6.07) is 14.5. The van der Waals surface area contributed by atoms with Crippen LogP contribution in [0.2, 0.25) is 0 Å². The number of aryl methyl sites for hydroxylation is 1. The van der Waals surface area contributed by atoms with Crippen LogP contribution in [0.1, 0.15) is 29.5 Å². The Morgan fingerprint density at radius 1 is 1.05 bits per heavy atom. The lowest BCUT2D eigenvalue weighted by molar-refractivity contribution is 0.0190. The zero-order valence-corrected chi connectivity index (χ0v) is 10.8. The highest BCUT2D eigenvalue weighted by atomic mass is 19.1. The summed E-state index contributed by atoms with van der Waals surface area (Å²) >= 11 is 0. The quantitative estimate of drug-likeness (QED) is 0.870. The maximum atomic E-state index is 12.9. The molecule has 0 saturated carbocycles. The fourth-order valence-corrected chi connectivity index (χ4v) is 3.02. The van der Waals surface area contributed by atoms with Crippen LogP contribution in [0.3, 0.4) is 0 Å². The fourth-order valence-electron chi connectivity index (χ4n) is 3.02. The van der Waals surface area contributed by atoms with E-state index in [0.29, 0.717) is 6.42 Å². The Bertz CT molecular complexity index is 576. The first-order valence-corrected chi connectivity index (χ1v) is 6.73. The predicted octanol–water partition coefficient (Wildman–Crippen LogP) is 3.59. The van der Waals surface area contributed by atoms with Crippen molar-refractivity contribution in [1.82, 2.24) is 0 Å². The molecule has 19 heavy (non-hydrogen) atoms. The van der Waals surface area contributed by atoms with Crippen LogP contribution >= 0.6 is 0 Å².